The number of benzene rings is 1. The highest BCUT2D eigenvalue weighted by atomic mass is 35.5. The van der Waals surface area contributed by atoms with Crippen molar-refractivity contribution in [2.45, 2.75) is 83.9 Å². The summed E-state index contributed by atoms with van der Waals surface area (Å²) in [6.07, 6.45) is 3.56. The van der Waals surface area contributed by atoms with E-state index in [1.165, 1.54) is 0 Å². The third-order valence-electron chi connectivity index (χ3n) is 9.31. The number of alkyl halides is 1. The van der Waals surface area contributed by atoms with Crippen molar-refractivity contribution in [3.8, 4) is 5.75 Å². The summed E-state index contributed by atoms with van der Waals surface area (Å²) in [7, 11) is 0. The fraction of sp³-hybridized carbons (Fsp3) is 0.680. The fourth-order valence-electron chi connectivity index (χ4n) is 7.40. The zero-order valence-electron chi connectivity index (χ0n) is 19.4. The smallest absolute Gasteiger partial charge is 0.252 e. The first-order valence-corrected chi connectivity index (χ1v) is 12.5. The lowest BCUT2D eigenvalue weighted by Gasteiger charge is -2.68. The third kappa shape index (κ3) is 2.76. The standard InChI is InChI=1S/C25H32Cl2N2O3/c1-12-6-7-19-23(3,4)21(27)18(29-13(2)30)10-25(19)24(12,5)9-15-17(26)8-14-16(20(15)32-25)11-28-22(14)31/h8,12,18-19,21H,6-7,9-11H2,1-5H3,(H,28,31)(H,29,30)/t12-,18+,19-,21-,24+,25-/m0/s1. The molecule has 5 nitrogen and oxygen atoms in total. The van der Waals surface area contributed by atoms with Crippen molar-refractivity contribution in [2.75, 3.05) is 0 Å². The van der Waals surface area contributed by atoms with E-state index in [0.29, 0.717) is 29.5 Å². The summed E-state index contributed by atoms with van der Waals surface area (Å²) in [5.41, 5.74) is 1.58. The van der Waals surface area contributed by atoms with Crippen LogP contribution in [0.25, 0.3) is 0 Å². The summed E-state index contributed by atoms with van der Waals surface area (Å²) in [5, 5.41) is 6.46. The summed E-state index contributed by atoms with van der Waals surface area (Å²) >= 11 is 13.8. The zero-order chi connectivity index (χ0) is 23.2. The van der Waals surface area contributed by atoms with Gasteiger partial charge in [0.25, 0.3) is 5.91 Å². The molecule has 2 fully saturated rings. The summed E-state index contributed by atoms with van der Waals surface area (Å²) in [6, 6.07) is 1.60. The second-order valence-electron chi connectivity index (χ2n) is 11.2. The van der Waals surface area contributed by atoms with Crippen LogP contribution in [-0.4, -0.2) is 28.8 Å². The van der Waals surface area contributed by atoms with Gasteiger partial charge in [-0.25, -0.2) is 0 Å². The summed E-state index contributed by atoms with van der Waals surface area (Å²) in [6.45, 7) is 11.1. The molecule has 174 valence electrons. The van der Waals surface area contributed by atoms with Crippen molar-refractivity contribution >= 4 is 35.0 Å². The van der Waals surface area contributed by atoms with Gasteiger partial charge in [0.1, 0.15) is 11.4 Å². The highest BCUT2D eigenvalue weighted by Gasteiger charge is 2.69. The molecule has 7 heteroatoms. The van der Waals surface area contributed by atoms with E-state index in [9.17, 15) is 9.59 Å². The van der Waals surface area contributed by atoms with Crippen LogP contribution in [0.1, 0.15) is 75.4 Å². The molecule has 5 rings (SSSR count). The lowest BCUT2D eigenvalue weighted by Crippen LogP contribution is -2.74. The van der Waals surface area contributed by atoms with Crippen LogP contribution in [0.4, 0.5) is 0 Å². The Morgan fingerprint density at radius 1 is 1.25 bits per heavy atom. The Labute approximate surface area is 199 Å². The molecule has 1 aromatic carbocycles. The lowest BCUT2D eigenvalue weighted by molar-refractivity contribution is -0.214. The van der Waals surface area contributed by atoms with Crippen LogP contribution in [-0.2, 0) is 17.8 Å². The highest BCUT2D eigenvalue weighted by Crippen LogP contribution is 2.67. The molecule has 0 aromatic heterocycles. The number of rotatable bonds is 1. The number of hydrogen-bond donors (Lipinski definition) is 2. The van der Waals surface area contributed by atoms with E-state index in [4.69, 9.17) is 27.9 Å². The number of carbonyl (C=O) groups is 2. The molecule has 2 N–H and O–H groups in total. The molecule has 0 unspecified atom stereocenters. The van der Waals surface area contributed by atoms with Crippen molar-refractivity contribution in [2.24, 2.45) is 22.7 Å². The molecule has 0 bridgehead atoms. The van der Waals surface area contributed by atoms with Crippen LogP contribution in [0, 0.1) is 22.7 Å². The van der Waals surface area contributed by atoms with Crippen LogP contribution in [0.2, 0.25) is 5.02 Å². The maximum atomic E-state index is 12.4. The van der Waals surface area contributed by atoms with E-state index in [-0.39, 0.29) is 40.0 Å². The van der Waals surface area contributed by atoms with E-state index < -0.39 is 5.60 Å². The number of carbonyl (C=O) groups excluding carboxylic acids is 2. The molecule has 6 atom stereocenters. The predicted molar refractivity (Wildman–Crippen MR) is 125 cm³/mol. The molecule has 2 aliphatic heterocycles. The van der Waals surface area contributed by atoms with Crippen LogP contribution in [0.5, 0.6) is 5.75 Å². The quantitative estimate of drug-likeness (QED) is 0.566. The minimum absolute atomic E-state index is 0.0770. The zero-order valence-corrected chi connectivity index (χ0v) is 20.9. The third-order valence-corrected chi connectivity index (χ3v) is 10.5. The highest BCUT2D eigenvalue weighted by molar-refractivity contribution is 6.32. The fourth-order valence-corrected chi connectivity index (χ4v) is 7.97. The summed E-state index contributed by atoms with van der Waals surface area (Å²) in [5.74, 6) is 1.22. The Hall–Kier alpha value is -1.46. The molecule has 2 amide bonds. The monoisotopic (exact) mass is 478 g/mol. The Kier molecular flexibility index (Phi) is 4.90. The van der Waals surface area contributed by atoms with Gasteiger partial charge in [-0.2, -0.15) is 0 Å². The first-order chi connectivity index (χ1) is 14.9. The van der Waals surface area contributed by atoms with Crippen molar-refractivity contribution in [1.82, 2.24) is 10.6 Å². The van der Waals surface area contributed by atoms with Crippen LogP contribution >= 0.6 is 23.2 Å². The first kappa shape index (κ1) is 22.3. The van der Waals surface area contributed by atoms with Gasteiger partial charge in [0.2, 0.25) is 5.91 Å². The van der Waals surface area contributed by atoms with Crippen molar-refractivity contribution < 1.29 is 14.3 Å². The minimum Gasteiger partial charge on any atom is -0.486 e. The maximum Gasteiger partial charge on any atom is 0.252 e. The van der Waals surface area contributed by atoms with Gasteiger partial charge in [-0.15, -0.1) is 11.6 Å². The topological polar surface area (TPSA) is 67.4 Å². The molecule has 2 aliphatic carbocycles. The van der Waals surface area contributed by atoms with Gasteiger partial charge >= 0.3 is 0 Å². The maximum absolute atomic E-state index is 12.4. The molecule has 2 heterocycles. The molecule has 1 aromatic rings. The van der Waals surface area contributed by atoms with E-state index in [1.807, 2.05) is 0 Å². The Balaban J connectivity index is 1.72. The summed E-state index contributed by atoms with van der Waals surface area (Å²) < 4.78 is 7.18. The normalized spacial score (nSPS) is 39.0. The molecule has 0 saturated heterocycles. The first-order valence-electron chi connectivity index (χ1n) is 11.6. The number of halogens is 2. The second-order valence-corrected chi connectivity index (χ2v) is 12.1. The van der Waals surface area contributed by atoms with E-state index in [2.05, 4.69) is 38.3 Å². The summed E-state index contributed by atoms with van der Waals surface area (Å²) in [4.78, 5) is 24.5. The minimum atomic E-state index is -0.510. The second kappa shape index (κ2) is 7.02. The van der Waals surface area contributed by atoms with Crippen LogP contribution in [0.15, 0.2) is 6.07 Å². The molecule has 1 spiro atoms. The number of nitrogens with one attached hydrogen (secondary N) is 2. The molecule has 0 radical (unpaired) electrons. The van der Waals surface area contributed by atoms with Gasteiger partial charge in [0, 0.05) is 59.0 Å². The van der Waals surface area contributed by atoms with Gasteiger partial charge < -0.3 is 15.4 Å². The van der Waals surface area contributed by atoms with Crippen LogP contribution in [0.3, 0.4) is 0 Å². The van der Waals surface area contributed by atoms with Gasteiger partial charge in [-0.05, 0) is 36.7 Å². The van der Waals surface area contributed by atoms with Gasteiger partial charge in [0.05, 0.1) is 5.38 Å². The average molecular weight is 479 g/mol. The van der Waals surface area contributed by atoms with Gasteiger partial charge in [-0.1, -0.05) is 39.3 Å². The lowest BCUT2D eigenvalue weighted by atomic mass is 9.43. The molecule has 4 aliphatic rings. The molecular formula is C25H32Cl2N2O3. The van der Waals surface area contributed by atoms with E-state index in [1.54, 1.807) is 13.0 Å². The Bertz CT molecular complexity index is 1020. The van der Waals surface area contributed by atoms with Crippen LogP contribution < -0.4 is 15.4 Å². The number of ether oxygens (including phenoxy) is 1. The van der Waals surface area contributed by atoms with Crippen molar-refractivity contribution in [1.29, 1.82) is 0 Å². The SMILES string of the molecule is CC(=O)N[C@@H]1C[C@@]23Oc4c(c(Cl)cc5c4CNC5=O)C[C@]2(C)[C@@H](C)CC[C@H]3C(C)(C)[C@H]1Cl. The number of hydrogen-bond acceptors (Lipinski definition) is 3. The largest absolute Gasteiger partial charge is 0.486 e. The van der Waals surface area contributed by atoms with E-state index in [0.717, 1.165) is 36.1 Å². The Morgan fingerprint density at radius 3 is 2.66 bits per heavy atom. The molecule has 32 heavy (non-hydrogen) atoms. The Morgan fingerprint density at radius 2 is 1.97 bits per heavy atom. The number of fused-ring (bicyclic) bond motifs is 3. The van der Waals surface area contributed by atoms with Gasteiger partial charge in [0.15, 0.2) is 0 Å². The van der Waals surface area contributed by atoms with E-state index >= 15 is 0 Å². The van der Waals surface area contributed by atoms with Crippen molar-refractivity contribution in [3.63, 3.8) is 0 Å². The molecular weight excluding hydrogens is 447 g/mol. The average Bonchev–Trinajstić information content (AvgIpc) is 3.07. The van der Waals surface area contributed by atoms with Gasteiger partial charge in [-0.3, -0.25) is 9.59 Å². The predicted octanol–water partition coefficient (Wildman–Crippen LogP) is 4.85. The molecule has 2 saturated carbocycles. The van der Waals surface area contributed by atoms with Crippen molar-refractivity contribution in [3.05, 3.63) is 27.8 Å². The number of amides is 2.